The van der Waals surface area contributed by atoms with Crippen LogP contribution >= 0.6 is 0 Å². The van der Waals surface area contributed by atoms with Crippen LogP contribution in [0.5, 0.6) is 0 Å². The summed E-state index contributed by atoms with van der Waals surface area (Å²) < 4.78 is 26.5. The van der Waals surface area contributed by atoms with E-state index in [-0.39, 0.29) is 17.5 Å². The van der Waals surface area contributed by atoms with Crippen molar-refractivity contribution >= 4 is 5.91 Å². The SMILES string of the molecule is CCN(C(=O)c1ccc(F)cc1F)C1CCNCC1. The van der Waals surface area contributed by atoms with Gasteiger partial charge in [0.05, 0.1) is 5.56 Å². The fraction of sp³-hybridized carbons (Fsp3) is 0.500. The van der Waals surface area contributed by atoms with Gasteiger partial charge >= 0.3 is 0 Å². The van der Waals surface area contributed by atoms with Crippen molar-refractivity contribution in [1.82, 2.24) is 10.2 Å². The largest absolute Gasteiger partial charge is 0.336 e. The molecule has 1 N–H and O–H groups in total. The average Bonchev–Trinajstić information content (AvgIpc) is 2.40. The van der Waals surface area contributed by atoms with E-state index in [0.717, 1.165) is 38.1 Å². The molecular formula is C14H18F2N2O. The van der Waals surface area contributed by atoms with E-state index in [4.69, 9.17) is 0 Å². The van der Waals surface area contributed by atoms with Crippen LogP contribution in [0.2, 0.25) is 0 Å². The van der Waals surface area contributed by atoms with Crippen LogP contribution in [0.25, 0.3) is 0 Å². The maximum absolute atomic E-state index is 13.7. The quantitative estimate of drug-likeness (QED) is 0.911. The molecule has 104 valence electrons. The van der Waals surface area contributed by atoms with Crippen LogP contribution in [-0.4, -0.2) is 36.5 Å². The van der Waals surface area contributed by atoms with E-state index in [2.05, 4.69) is 5.32 Å². The molecule has 0 saturated carbocycles. The minimum atomic E-state index is -0.794. The molecule has 5 heteroatoms. The summed E-state index contributed by atoms with van der Waals surface area (Å²) in [5, 5.41) is 3.23. The van der Waals surface area contributed by atoms with Gasteiger partial charge in [0.15, 0.2) is 0 Å². The monoisotopic (exact) mass is 268 g/mol. The number of nitrogens with zero attached hydrogens (tertiary/aromatic N) is 1. The first-order valence-corrected chi connectivity index (χ1v) is 6.60. The number of piperidine rings is 1. The van der Waals surface area contributed by atoms with Crippen molar-refractivity contribution in [1.29, 1.82) is 0 Å². The molecule has 0 spiro atoms. The molecule has 2 rings (SSSR count). The highest BCUT2D eigenvalue weighted by atomic mass is 19.1. The van der Waals surface area contributed by atoms with Crippen molar-refractivity contribution in [2.24, 2.45) is 0 Å². The summed E-state index contributed by atoms with van der Waals surface area (Å²) in [5.41, 5.74) is -0.0539. The molecule has 0 unspecified atom stereocenters. The minimum absolute atomic E-state index is 0.0539. The fourth-order valence-electron chi connectivity index (χ4n) is 2.50. The fourth-order valence-corrected chi connectivity index (χ4v) is 2.50. The number of carbonyl (C=O) groups is 1. The van der Waals surface area contributed by atoms with Gasteiger partial charge in [-0.05, 0) is 45.0 Å². The summed E-state index contributed by atoms with van der Waals surface area (Å²) in [6.07, 6.45) is 1.73. The van der Waals surface area contributed by atoms with Crippen molar-refractivity contribution in [2.45, 2.75) is 25.8 Å². The molecule has 19 heavy (non-hydrogen) atoms. The summed E-state index contributed by atoms with van der Waals surface area (Å²) >= 11 is 0. The highest BCUT2D eigenvalue weighted by Gasteiger charge is 2.26. The van der Waals surface area contributed by atoms with Gasteiger partial charge in [0.25, 0.3) is 5.91 Å². The number of nitrogens with one attached hydrogen (secondary N) is 1. The van der Waals surface area contributed by atoms with Crippen LogP contribution in [0.3, 0.4) is 0 Å². The third-order valence-corrected chi connectivity index (χ3v) is 3.51. The van der Waals surface area contributed by atoms with E-state index in [1.807, 2.05) is 6.92 Å². The zero-order valence-corrected chi connectivity index (χ0v) is 11.0. The Morgan fingerprint density at radius 3 is 2.63 bits per heavy atom. The Labute approximate surface area is 111 Å². The molecule has 1 heterocycles. The molecule has 0 bridgehead atoms. The second-order valence-corrected chi connectivity index (χ2v) is 4.70. The van der Waals surface area contributed by atoms with Crippen LogP contribution in [0, 0.1) is 11.6 Å². The molecule has 1 saturated heterocycles. The third kappa shape index (κ3) is 3.10. The van der Waals surface area contributed by atoms with Crippen molar-refractivity contribution in [3.63, 3.8) is 0 Å². The number of benzene rings is 1. The van der Waals surface area contributed by atoms with Crippen molar-refractivity contribution in [2.75, 3.05) is 19.6 Å². The van der Waals surface area contributed by atoms with E-state index in [0.29, 0.717) is 6.54 Å². The van der Waals surface area contributed by atoms with Gasteiger partial charge in [-0.25, -0.2) is 8.78 Å². The van der Waals surface area contributed by atoms with Crippen molar-refractivity contribution in [3.05, 3.63) is 35.4 Å². The van der Waals surface area contributed by atoms with Gasteiger partial charge in [0.2, 0.25) is 0 Å². The summed E-state index contributed by atoms with van der Waals surface area (Å²) in [4.78, 5) is 14.0. The Morgan fingerprint density at radius 2 is 2.05 bits per heavy atom. The van der Waals surface area contributed by atoms with Gasteiger partial charge < -0.3 is 10.2 Å². The zero-order chi connectivity index (χ0) is 13.8. The maximum atomic E-state index is 13.7. The number of hydrogen-bond acceptors (Lipinski definition) is 2. The molecule has 1 fully saturated rings. The highest BCUT2D eigenvalue weighted by molar-refractivity contribution is 5.94. The minimum Gasteiger partial charge on any atom is -0.336 e. The van der Waals surface area contributed by atoms with Gasteiger partial charge in [-0.1, -0.05) is 0 Å². The van der Waals surface area contributed by atoms with Gasteiger partial charge in [0.1, 0.15) is 11.6 Å². The average molecular weight is 268 g/mol. The molecular weight excluding hydrogens is 250 g/mol. The predicted molar refractivity (Wildman–Crippen MR) is 69.0 cm³/mol. The molecule has 1 aliphatic rings. The first-order chi connectivity index (χ1) is 9.13. The number of hydrogen-bond donors (Lipinski definition) is 1. The van der Waals surface area contributed by atoms with Gasteiger partial charge in [-0.3, -0.25) is 4.79 Å². The molecule has 3 nitrogen and oxygen atoms in total. The van der Waals surface area contributed by atoms with Crippen LogP contribution < -0.4 is 5.32 Å². The molecule has 1 amide bonds. The topological polar surface area (TPSA) is 32.3 Å². The Bertz CT molecular complexity index is 459. The van der Waals surface area contributed by atoms with Gasteiger partial charge in [-0.2, -0.15) is 0 Å². The number of amides is 1. The second-order valence-electron chi connectivity index (χ2n) is 4.70. The second kappa shape index (κ2) is 6.10. The first kappa shape index (κ1) is 13.9. The molecule has 1 aliphatic heterocycles. The highest BCUT2D eigenvalue weighted by Crippen LogP contribution is 2.18. The lowest BCUT2D eigenvalue weighted by atomic mass is 10.0. The summed E-state index contributed by atoms with van der Waals surface area (Å²) in [7, 11) is 0. The first-order valence-electron chi connectivity index (χ1n) is 6.60. The van der Waals surface area contributed by atoms with Crippen LogP contribution in [0.1, 0.15) is 30.1 Å². The summed E-state index contributed by atoms with van der Waals surface area (Å²) in [6.45, 7) is 4.13. The summed E-state index contributed by atoms with van der Waals surface area (Å²) in [6, 6.07) is 3.22. The standard InChI is InChI=1S/C14H18F2N2O/c1-2-18(11-5-7-17-8-6-11)14(19)12-4-3-10(15)9-13(12)16/h3-4,9,11,17H,2,5-8H2,1H3. The number of halogens is 2. The van der Waals surface area contributed by atoms with Gasteiger partial charge in [0, 0.05) is 18.7 Å². The summed E-state index contributed by atoms with van der Waals surface area (Å²) in [5.74, 6) is -1.82. The Morgan fingerprint density at radius 1 is 1.37 bits per heavy atom. The van der Waals surface area contributed by atoms with E-state index in [1.165, 1.54) is 6.07 Å². The molecule has 0 radical (unpaired) electrons. The Balaban J connectivity index is 2.19. The van der Waals surface area contributed by atoms with Crippen molar-refractivity contribution < 1.29 is 13.6 Å². The van der Waals surface area contributed by atoms with E-state index < -0.39 is 11.6 Å². The number of carbonyl (C=O) groups excluding carboxylic acids is 1. The van der Waals surface area contributed by atoms with Gasteiger partial charge in [-0.15, -0.1) is 0 Å². The number of rotatable bonds is 3. The van der Waals surface area contributed by atoms with Crippen LogP contribution in [-0.2, 0) is 0 Å². The van der Waals surface area contributed by atoms with E-state index in [1.54, 1.807) is 4.90 Å². The van der Waals surface area contributed by atoms with Crippen molar-refractivity contribution in [3.8, 4) is 0 Å². The Kier molecular flexibility index (Phi) is 4.47. The van der Waals surface area contributed by atoms with E-state index in [9.17, 15) is 13.6 Å². The lowest BCUT2D eigenvalue weighted by Gasteiger charge is -2.34. The molecule has 1 aromatic carbocycles. The lowest BCUT2D eigenvalue weighted by Crippen LogP contribution is -2.46. The van der Waals surface area contributed by atoms with Crippen LogP contribution in [0.15, 0.2) is 18.2 Å². The normalized spacial score (nSPS) is 16.4. The third-order valence-electron chi connectivity index (χ3n) is 3.51. The molecule has 0 aromatic heterocycles. The Hall–Kier alpha value is -1.49. The molecule has 0 aliphatic carbocycles. The molecule has 1 aromatic rings. The lowest BCUT2D eigenvalue weighted by molar-refractivity contribution is 0.0651. The maximum Gasteiger partial charge on any atom is 0.257 e. The van der Waals surface area contributed by atoms with Crippen LogP contribution in [0.4, 0.5) is 8.78 Å². The predicted octanol–water partition coefficient (Wildman–Crippen LogP) is 2.18. The smallest absolute Gasteiger partial charge is 0.257 e. The zero-order valence-electron chi connectivity index (χ0n) is 11.0. The van der Waals surface area contributed by atoms with E-state index >= 15 is 0 Å². The molecule has 0 atom stereocenters.